The van der Waals surface area contributed by atoms with Gasteiger partial charge in [-0.1, -0.05) is 46.4 Å². The fraction of sp³-hybridized carbons (Fsp3) is 0.118. The summed E-state index contributed by atoms with van der Waals surface area (Å²) in [5.74, 6) is -3.91. The number of phenols is 2. The minimum absolute atomic E-state index is 0.0307. The number of esters is 1. The molecule has 0 unspecified atom stereocenters. The van der Waals surface area contributed by atoms with Gasteiger partial charge in [0.1, 0.15) is 22.6 Å². The quantitative estimate of drug-likeness (QED) is 0.266. The number of hydrogen-bond donors (Lipinski definition) is 4. The number of carboxylic acids is 2. The van der Waals surface area contributed by atoms with Crippen LogP contribution in [0.5, 0.6) is 11.5 Å². The van der Waals surface area contributed by atoms with Crippen molar-refractivity contribution in [3.05, 3.63) is 53.9 Å². The summed E-state index contributed by atoms with van der Waals surface area (Å²) in [5.41, 5.74) is -0.773. The molecule has 8 nitrogen and oxygen atoms in total. The molecule has 0 amide bonds. The molecule has 0 aromatic heterocycles. The van der Waals surface area contributed by atoms with Crippen LogP contribution in [0.25, 0.3) is 0 Å². The molecule has 0 aliphatic rings. The van der Waals surface area contributed by atoms with Gasteiger partial charge in [-0.2, -0.15) is 0 Å². The number of methoxy groups -OCH3 is 1. The fourth-order valence-corrected chi connectivity index (χ4v) is 2.90. The Kier molecular flexibility index (Phi) is 11.9. The highest BCUT2D eigenvalue weighted by molar-refractivity contribution is 9.10. The summed E-state index contributed by atoms with van der Waals surface area (Å²) in [6, 6.07) is 3.96. The standard InChI is InChI=1S/C7H3BrCl2O3.C7H4Cl2O3.C3H6O2/c8-2-1-3(9)6(11)4(5(2)10)7(12)13;8-3-1-2-4(9)6(10)5(3)7(11)12;1-3(4)5-2/h1,11H,(H,12,13);1-2,10H,(H,11,12);1-2H3. The smallest absolute Gasteiger partial charge is 0.341 e. The molecule has 2 aromatic rings. The third kappa shape index (κ3) is 8.08. The van der Waals surface area contributed by atoms with Crippen molar-refractivity contribution in [3.63, 3.8) is 0 Å². The van der Waals surface area contributed by atoms with Crippen molar-refractivity contribution in [3.8, 4) is 11.5 Å². The lowest BCUT2D eigenvalue weighted by Gasteiger charge is -2.05. The van der Waals surface area contributed by atoms with Crippen molar-refractivity contribution in [2.24, 2.45) is 0 Å². The molecule has 0 saturated heterocycles. The van der Waals surface area contributed by atoms with Crippen LogP contribution in [0.4, 0.5) is 0 Å². The van der Waals surface area contributed by atoms with Gasteiger partial charge in [-0.05, 0) is 34.1 Å². The first kappa shape index (κ1) is 28.1. The second-order valence-corrected chi connectivity index (χ2v) is 7.39. The maximum Gasteiger partial charge on any atom is 0.341 e. The van der Waals surface area contributed by atoms with Crippen LogP contribution in [-0.4, -0.2) is 45.4 Å². The fourth-order valence-electron chi connectivity index (χ4n) is 1.53. The van der Waals surface area contributed by atoms with Gasteiger partial charge in [0.05, 0.1) is 27.2 Å². The Morgan fingerprint density at radius 3 is 1.63 bits per heavy atom. The highest BCUT2D eigenvalue weighted by atomic mass is 79.9. The Balaban J connectivity index is 0.000000461. The van der Waals surface area contributed by atoms with E-state index in [1.165, 1.54) is 32.2 Å². The maximum atomic E-state index is 10.6. The first-order valence-corrected chi connectivity index (χ1v) is 9.61. The van der Waals surface area contributed by atoms with Crippen molar-refractivity contribution < 1.29 is 39.5 Å². The number of carbonyl (C=O) groups excluding carboxylic acids is 1. The van der Waals surface area contributed by atoms with Crippen LogP contribution in [0.2, 0.25) is 20.1 Å². The number of halogens is 5. The topological polar surface area (TPSA) is 141 Å². The van der Waals surface area contributed by atoms with E-state index in [9.17, 15) is 19.5 Å². The van der Waals surface area contributed by atoms with E-state index >= 15 is 0 Å². The zero-order valence-corrected chi connectivity index (χ0v) is 19.7. The largest absolute Gasteiger partial charge is 0.505 e. The van der Waals surface area contributed by atoms with E-state index in [0.717, 1.165) is 0 Å². The van der Waals surface area contributed by atoms with E-state index in [1.807, 2.05) is 0 Å². The highest BCUT2D eigenvalue weighted by Crippen LogP contribution is 2.38. The van der Waals surface area contributed by atoms with Gasteiger partial charge in [-0.3, -0.25) is 4.79 Å². The molecule has 0 aliphatic heterocycles. The molecule has 164 valence electrons. The summed E-state index contributed by atoms with van der Waals surface area (Å²) in [7, 11) is 1.35. The van der Waals surface area contributed by atoms with Crippen LogP contribution in [-0.2, 0) is 9.53 Å². The van der Waals surface area contributed by atoms with E-state index in [0.29, 0.717) is 4.47 Å². The zero-order valence-electron chi connectivity index (χ0n) is 15.0. The second-order valence-electron chi connectivity index (χ2n) is 4.94. The number of carboxylic acid groups (broad SMARTS) is 2. The van der Waals surface area contributed by atoms with Crippen molar-refractivity contribution in [1.29, 1.82) is 0 Å². The van der Waals surface area contributed by atoms with Crippen LogP contribution in [0.3, 0.4) is 0 Å². The minimum Gasteiger partial charge on any atom is -0.505 e. The number of carbonyl (C=O) groups is 3. The Morgan fingerprint density at radius 1 is 0.867 bits per heavy atom. The Morgan fingerprint density at radius 2 is 1.27 bits per heavy atom. The average Bonchev–Trinajstić information content (AvgIpc) is 2.64. The van der Waals surface area contributed by atoms with Gasteiger partial charge in [0.25, 0.3) is 0 Å². The maximum absolute atomic E-state index is 10.6. The summed E-state index contributed by atoms with van der Waals surface area (Å²) in [5, 5.41) is 35.4. The highest BCUT2D eigenvalue weighted by Gasteiger charge is 2.20. The normalized spacial score (nSPS) is 9.43. The van der Waals surface area contributed by atoms with Crippen molar-refractivity contribution in [1.82, 2.24) is 0 Å². The Bertz CT molecular complexity index is 939. The van der Waals surface area contributed by atoms with Crippen molar-refractivity contribution >= 4 is 80.2 Å². The monoisotopic (exact) mass is 564 g/mol. The molecular formula is C17H13BrCl4O8. The molecule has 0 fully saturated rings. The van der Waals surface area contributed by atoms with Gasteiger partial charge >= 0.3 is 17.9 Å². The molecule has 0 saturated carbocycles. The first-order chi connectivity index (χ1) is 13.8. The van der Waals surface area contributed by atoms with Gasteiger partial charge in [-0.25, -0.2) is 9.59 Å². The van der Waals surface area contributed by atoms with Crippen molar-refractivity contribution in [2.75, 3.05) is 7.11 Å². The van der Waals surface area contributed by atoms with E-state index in [-0.39, 0.29) is 31.6 Å². The summed E-state index contributed by atoms with van der Waals surface area (Å²) in [4.78, 5) is 30.7. The zero-order chi connectivity index (χ0) is 23.8. The molecule has 0 heterocycles. The van der Waals surface area contributed by atoms with Crippen LogP contribution >= 0.6 is 62.3 Å². The Hall–Kier alpha value is -1.91. The number of hydrogen-bond acceptors (Lipinski definition) is 6. The third-order valence-corrected chi connectivity index (χ3v) is 5.09. The third-order valence-electron chi connectivity index (χ3n) is 2.94. The predicted molar refractivity (Wildman–Crippen MR) is 116 cm³/mol. The molecule has 30 heavy (non-hydrogen) atoms. The lowest BCUT2D eigenvalue weighted by atomic mass is 10.2. The molecule has 0 atom stereocenters. The van der Waals surface area contributed by atoms with Gasteiger partial charge in [0, 0.05) is 11.4 Å². The SMILES string of the molecule is COC(C)=O.O=C(O)c1c(Cl)ccc(Cl)c1O.O=C(O)c1c(O)c(Cl)cc(Br)c1Cl. The van der Waals surface area contributed by atoms with Crippen LogP contribution < -0.4 is 0 Å². The second kappa shape index (κ2) is 12.7. The number of ether oxygens (including phenoxy) is 1. The van der Waals surface area contributed by atoms with Gasteiger partial charge < -0.3 is 25.2 Å². The minimum atomic E-state index is -1.33. The molecule has 0 bridgehead atoms. The van der Waals surface area contributed by atoms with Crippen LogP contribution in [0.15, 0.2) is 22.7 Å². The van der Waals surface area contributed by atoms with E-state index in [1.54, 1.807) is 0 Å². The van der Waals surface area contributed by atoms with Gasteiger partial charge in [0.15, 0.2) is 0 Å². The first-order valence-electron chi connectivity index (χ1n) is 7.30. The summed E-state index contributed by atoms with van der Waals surface area (Å²) < 4.78 is 4.44. The summed E-state index contributed by atoms with van der Waals surface area (Å²) >= 11 is 25.1. The molecule has 0 spiro atoms. The lowest BCUT2D eigenvalue weighted by molar-refractivity contribution is -0.137. The van der Waals surface area contributed by atoms with E-state index in [2.05, 4.69) is 20.7 Å². The number of rotatable bonds is 2. The Labute approximate surface area is 198 Å². The summed E-state index contributed by atoms with van der Waals surface area (Å²) in [6.45, 7) is 1.36. The number of benzene rings is 2. The summed E-state index contributed by atoms with van der Waals surface area (Å²) in [6.07, 6.45) is 0. The number of aromatic carboxylic acids is 2. The molecule has 2 aromatic carbocycles. The van der Waals surface area contributed by atoms with E-state index in [4.69, 9.17) is 61.7 Å². The molecule has 0 radical (unpaired) electrons. The average molecular weight is 567 g/mol. The molecular weight excluding hydrogens is 554 g/mol. The van der Waals surface area contributed by atoms with E-state index < -0.39 is 29.0 Å². The van der Waals surface area contributed by atoms with Gasteiger partial charge in [-0.15, -0.1) is 0 Å². The predicted octanol–water partition coefficient (Wildman–Crippen LogP) is 5.74. The van der Waals surface area contributed by atoms with Crippen molar-refractivity contribution in [2.45, 2.75) is 6.92 Å². The lowest BCUT2D eigenvalue weighted by Crippen LogP contribution is -1.98. The molecule has 0 aliphatic carbocycles. The molecule has 2 rings (SSSR count). The molecule has 4 N–H and O–H groups in total. The molecule has 13 heteroatoms. The van der Waals surface area contributed by atoms with Gasteiger partial charge in [0.2, 0.25) is 0 Å². The number of aromatic hydroxyl groups is 2. The van der Waals surface area contributed by atoms with Crippen LogP contribution in [0, 0.1) is 0 Å². The van der Waals surface area contributed by atoms with Crippen LogP contribution in [0.1, 0.15) is 27.6 Å².